The maximum Gasteiger partial charge on any atom is 0.323 e. The van der Waals surface area contributed by atoms with Gasteiger partial charge < -0.3 is 15.4 Å². The van der Waals surface area contributed by atoms with Crippen molar-refractivity contribution in [3.8, 4) is 5.75 Å². The third-order valence-corrected chi connectivity index (χ3v) is 4.64. The summed E-state index contributed by atoms with van der Waals surface area (Å²) in [6.07, 6.45) is 2.88. The van der Waals surface area contributed by atoms with E-state index in [9.17, 15) is 4.79 Å². The molecule has 4 heteroatoms. The van der Waals surface area contributed by atoms with Crippen molar-refractivity contribution in [3.63, 3.8) is 0 Å². The third-order valence-electron chi connectivity index (χ3n) is 4.64. The van der Waals surface area contributed by atoms with Crippen LogP contribution >= 0.6 is 0 Å². The zero-order valence-corrected chi connectivity index (χ0v) is 16.8. The number of hydrogen-bond donors (Lipinski definition) is 2. The Bertz CT molecular complexity index is 964. The predicted molar refractivity (Wildman–Crippen MR) is 120 cm³/mol. The molecule has 0 aliphatic carbocycles. The van der Waals surface area contributed by atoms with Gasteiger partial charge in [0, 0.05) is 23.4 Å². The number of para-hydroxylation sites is 2. The Kier molecular flexibility index (Phi) is 7.06. The van der Waals surface area contributed by atoms with Gasteiger partial charge in [0.1, 0.15) is 5.75 Å². The van der Waals surface area contributed by atoms with Gasteiger partial charge in [-0.15, -0.1) is 0 Å². The largest absolute Gasteiger partial charge is 0.493 e. The van der Waals surface area contributed by atoms with Crippen molar-refractivity contribution in [1.29, 1.82) is 0 Å². The standard InChI is InChI=1S/C25H26N2O2/c1-3-19(2)23-11-7-8-12-24(23)29-18-17-20-13-15-22(16-14-20)27-25(28)26-21-9-5-4-6-10-21/h3-16H,17-18H2,1-2H3,(H2,26,27,28). The molecule has 0 aromatic heterocycles. The topological polar surface area (TPSA) is 50.4 Å². The minimum atomic E-state index is -0.261. The van der Waals surface area contributed by atoms with Gasteiger partial charge in [-0.05, 0) is 55.3 Å². The molecular weight excluding hydrogens is 360 g/mol. The van der Waals surface area contributed by atoms with Gasteiger partial charge in [0.25, 0.3) is 0 Å². The van der Waals surface area contributed by atoms with Crippen LogP contribution in [0.15, 0.2) is 84.9 Å². The lowest BCUT2D eigenvalue weighted by Gasteiger charge is -2.12. The first-order valence-electron chi connectivity index (χ1n) is 9.73. The Hall–Kier alpha value is -3.53. The molecule has 0 saturated heterocycles. The van der Waals surface area contributed by atoms with E-state index < -0.39 is 0 Å². The van der Waals surface area contributed by atoms with Crippen LogP contribution in [0.3, 0.4) is 0 Å². The first-order chi connectivity index (χ1) is 14.2. The number of anilines is 2. The Morgan fingerprint density at radius 3 is 2.17 bits per heavy atom. The highest BCUT2D eigenvalue weighted by molar-refractivity contribution is 5.99. The predicted octanol–water partition coefficient (Wildman–Crippen LogP) is 6.38. The van der Waals surface area contributed by atoms with Crippen LogP contribution in [0.4, 0.5) is 16.2 Å². The molecule has 0 aliphatic rings. The fourth-order valence-electron chi connectivity index (χ4n) is 2.92. The molecule has 0 unspecified atom stereocenters. The van der Waals surface area contributed by atoms with Crippen molar-refractivity contribution >= 4 is 23.0 Å². The van der Waals surface area contributed by atoms with Crippen LogP contribution in [0.2, 0.25) is 0 Å². The summed E-state index contributed by atoms with van der Waals surface area (Å²) >= 11 is 0. The summed E-state index contributed by atoms with van der Waals surface area (Å²) in [5.74, 6) is 0.902. The van der Waals surface area contributed by atoms with Gasteiger partial charge in [-0.2, -0.15) is 0 Å². The summed E-state index contributed by atoms with van der Waals surface area (Å²) < 4.78 is 6.00. The van der Waals surface area contributed by atoms with Gasteiger partial charge in [0.2, 0.25) is 0 Å². The lowest BCUT2D eigenvalue weighted by atomic mass is 10.1. The molecule has 0 fully saturated rings. The van der Waals surface area contributed by atoms with Crippen molar-refractivity contribution in [1.82, 2.24) is 0 Å². The fourth-order valence-corrected chi connectivity index (χ4v) is 2.92. The first-order valence-corrected chi connectivity index (χ1v) is 9.73. The number of hydrogen-bond acceptors (Lipinski definition) is 2. The summed E-state index contributed by atoms with van der Waals surface area (Å²) in [5, 5.41) is 5.64. The summed E-state index contributed by atoms with van der Waals surface area (Å²) in [4.78, 5) is 12.1. The SMILES string of the molecule is CC=C(C)c1ccccc1OCCc1ccc(NC(=O)Nc2ccccc2)cc1. The van der Waals surface area contributed by atoms with E-state index in [2.05, 4.69) is 29.7 Å². The number of amides is 2. The Morgan fingerprint density at radius 1 is 0.862 bits per heavy atom. The molecule has 0 atom stereocenters. The molecule has 0 aliphatic heterocycles. The summed E-state index contributed by atoms with van der Waals surface area (Å²) in [7, 11) is 0. The number of benzene rings is 3. The zero-order valence-electron chi connectivity index (χ0n) is 16.8. The van der Waals surface area contributed by atoms with Crippen LogP contribution in [0, 0.1) is 0 Å². The Labute approximate surface area is 172 Å². The second-order valence-corrected chi connectivity index (χ2v) is 6.71. The smallest absolute Gasteiger partial charge is 0.323 e. The van der Waals surface area contributed by atoms with Crippen LogP contribution in [0.25, 0.3) is 5.57 Å². The summed E-state index contributed by atoms with van der Waals surface area (Å²) in [5.41, 5.74) is 4.98. The molecular formula is C25H26N2O2. The lowest BCUT2D eigenvalue weighted by molar-refractivity contribution is 0.262. The minimum Gasteiger partial charge on any atom is -0.493 e. The number of ether oxygens (including phenoxy) is 1. The van der Waals surface area contributed by atoms with Crippen molar-refractivity contribution in [2.75, 3.05) is 17.2 Å². The van der Waals surface area contributed by atoms with Gasteiger partial charge in [0.15, 0.2) is 0 Å². The van der Waals surface area contributed by atoms with E-state index in [1.54, 1.807) is 0 Å². The van der Waals surface area contributed by atoms with E-state index in [-0.39, 0.29) is 6.03 Å². The van der Waals surface area contributed by atoms with E-state index in [1.165, 1.54) is 5.57 Å². The third kappa shape index (κ3) is 5.98. The van der Waals surface area contributed by atoms with Gasteiger partial charge in [-0.3, -0.25) is 0 Å². The lowest BCUT2D eigenvalue weighted by Crippen LogP contribution is -2.19. The number of carbonyl (C=O) groups excluding carboxylic acids is 1. The van der Waals surface area contributed by atoms with Crippen LogP contribution in [-0.4, -0.2) is 12.6 Å². The van der Waals surface area contributed by atoms with E-state index >= 15 is 0 Å². The summed E-state index contributed by atoms with van der Waals surface area (Å²) in [6, 6.07) is 25.0. The molecule has 3 aromatic carbocycles. The number of carbonyl (C=O) groups is 1. The maximum absolute atomic E-state index is 12.1. The highest BCUT2D eigenvalue weighted by atomic mass is 16.5. The van der Waals surface area contributed by atoms with Gasteiger partial charge in [-0.1, -0.05) is 54.6 Å². The molecule has 2 amide bonds. The van der Waals surface area contributed by atoms with Crippen LogP contribution in [0.1, 0.15) is 25.0 Å². The molecule has 4 nitrogen and oxygen atoms in total. The first kappa shape index (κ1) is 20.2. The molecule has 0 bridgehead atoms. The van der Waals surface area contributed by atoms with Crippen LogP contribution in [0.5, 0.6) is 5.75 Å². The van der Waals surface area contributed by atoms with E-state index in [0.717, 1.165) is 34.7 Å². The molecule has 148 valence electrons. The zero-order chi connectivity index (χ0) is 20.5. The highest BCUT2D eigenvalue weighted by Gasteiger charge is 2.05. The van der Waals surface area contributed by atoms with Crippen molar-refractivity contribution < 1.29 is 9.53 Å². The van der Waals surface area contributed by atoms with Crippen LogP contribution < -0.4 is 15.4 Å². The molecule has 0 heterocycles. The quantitative estimate of drug-likeness (QED) is 0.495. The van der Waals surface area contributed by atoms with Crippen molar-refractivity contribution in [2.24, 2.45) is 0 Å². The molecule has 3 aromatic rings. The maximum atomic E-state index is 12.1. The van der Waals surface area contributed by atoms with Crippen molar-refractivity contribution in [3.05, 3.63) is 96.1 Å². The second kappa shape index (κ2) is 10.1. The molecule has 29 heavy (non-hydrogen) atoms. The number of urea groups is 1. The molecule has 0 saturated carbocycles. The van der Waals surface area contributed by atoms with E-state index in [1.807, 2.05) is 79.7 Å². The normalized spacial score (nSPS) is 11.0. The van der Waals surface area contributed by atoms with Crippen molar-refractivity contribution in [2.45, 2.75) is 20.3 Å². The average Bonchev–Trinajstić information content (AvgIpc) is 2.75. The summed E-state index contributed by atoms with van der Waals surface area (Å²) in [6.45, 7) is 4.71. The Balaban J connectivity index is 1.50. The fraction of sp³-hybridized carbons (Fsp3) is 0.160. The van der Waals surface area contributed by atoms with E-state index in [4.69, 9.17) is 4.74 Å². The van der Waals surface area contributed by atoms with Gasteiger partial charge in [0.05, 0.1) is 6.61 Å². The highest BCUT2D eigenvalue weighted by Crippen LogP contribution is 2.25. The molecule has 0 spiro atoms. The molecule has 0 radical (unpaired) electrons. The van der Waals surface area contributed by atoms with Crippen LogP contribution in [-0.2, 0) is 6.42 Å². The monoisotopic (exact) mass is 386 g/mol. The molecule has 3 rings (SSSR count). The van der Waals surface area contributed by atoms with Gasteiger partial charge in [-0.25, -0.2) is 4.79 Å². The number of allylic oxidation sites excluding steroid dienone is 2. The van der Waals surface area contributed by atoms with Gasteiger partial charge >= 0.3 is 6.03 Å². The minimum absolute atomic E-state index is 0.261. The number of rotatable bonds is 7. The Morgan fingerprint density at radius 2 is 1.48 bits per heavy atom. The van der Waals surface area contributed by atoms with E-state index in [0.29, 0.717) is 6.61 Å². The average molecular weight is 386 g/mol. The number of nitrogens with one attached hydrogen (secondary N) is 2. The second-order valence-electron chi connectivity index (χ2n) is 6.71. The molecule has 2 N–H and O–H groups in total.